The Morgan fingerprint density at radius 3 is 2.75 bits per heavy atom. The molecule has 1 N–H and O–H groups in total. The van der Waals surface area contributed by atoms with Gasteiger partial charge in [0.05, 0.1) is 18.8 Å². The van der Waals surface area contributed by atoms with Crippen molar-refractivity contribution in [2.45, 2.75) is 25.6 Å². The summed E-state index contributed by atoms with van der Waals surface area (Å²) >= 11 is 0. The quantitative estimate of drug-likeness (QED) is 0.831. The number of ketones is 1. The molecule has 2 rings (SSSR count). The van der Waals surface area contributed by atoms with Crippen LogP contribution in [0.2, 0.25) is 0 Å². The predicted octanol–water partition coefficient (Wildman–Crippen LogP) is 1.48. The molecule has 0 spiro atoms. The molecular formula is C15H20FNO3. The predicted molar refractivity (Wildman–Crippen MR) is 73.2 cm³/mol. The Hall–Kier alpha value is -1.30. The Balaban J connectivity index is 1.85. The molecule has 2 unspecified atom stereocenters. The average molecular weight is 281 g/mol. The third kappa shape index (κ3) is 4.10. The fourth-order valence-electron chi connectivity index (χ4n) is 2.46. The van der Waals surface area contributed by atoms with E-state index in [1.807, 2.05) is 6.92 Å². The van der Waals surface area contributed by atoms with E-state index >= 15 is 0 Å². The van der Waals surface area contributed by atoms with Crippen molar-refractivity contribution in [3.63, 3.8) is 0 Å². The van der Waals surface area contributed by atoms with Gasteiger partial charge in [0.15, 0.2) is 5.78 Å². The van der Waals surface area contributed by atoms with Crippen LogP contribution in [0.5, 0.6) is 0 Å². The zero-order chi connectivity index (χ0) is 14.5. The first-order chi connectivity index (χ1) is 9.58. The number of rotatable bonds is 5. The van der Waals surface area contributed by atoms with Gasteiger partial charge in [0, 0.05) is 31.6 Å². The van der Waals surface area contributed by atoms with Gasteiger partial charge in [-0.25, -0.2) is 4.39 Å². The van der Waals surface area contributed by atoms with Crippen molar-refractivity contribution >= 4 is 5.78 Å². The molecule has 2 atom stereocenters. The van der Waals surface area contributed by atoms with Gasteiger partial charge >= 0.3 is 0 Å². The van der Waals surface area contributed by atoms with Crippen LogP contribution in [0.25, 0.3) is 0 Å². The molecule has 1 heterocycles. The highest BCUT2D eigenvalue weighted by Crippen LogP contribution is 2.12. The number of carbonyl (C=O) groups excluding carboxylic acids is 1. The molecule has 0 radical (unpaired) electrons. The molecule has 1 aliphatic rings. The second-order valence-corrected chi connectivity index (χ2v) is 5.19. The zero-order valence-corrected chi connectivity index (χ0v) is 11.6. The Morgan fingerprint density at radius 1 is 1.40 bits per heavy atom. The van der Waals surface area contributed by atoms with Crippen LogP contribution in [0, 0.1) is 5.82 Å². The van der Waals surface area contributed by atoms with E-state index in [-0.39, 0.29) is 30.4 Å². The van der Waals surface area contributed by atoms with Crippen LogP contribution in [0.15, 0.2) is 24.3 Å². The molecule has 1 aromatic carbocycles. The Bertz CT molecular complexity index is 449. The first kappa shape index (κ1) is 15.1. The maximum atomic E-state index is 12.8. The number of Topliss-reactive ketones (excluding diaryl/α,β-unsaturated/α-hetero) is 1. The largest absolute Gasteiger partial charge is 0.394 e. The van der Waals surface area contributed by atoms with E-state index in [0.717, 1.165) is 6.54 Å². The number of morpholine rings is 1. The minimum absolute atomic E-state index is 0.00435. The molecule has 20 heavy (non-hydrogen) atoms. The number of nitrogens with zero attached hydrogens (tertiary/aromatic N) is 1. The highest BCUT2D eigenvalue weighted by molar-refractivity contribution is 5.96. The van der Waals surface area contributed by atoms with Gasteiger partial charge < -0.3 is 9.84 Å². The summed E-state index contributed by atoms with van der Waals surface area (Å²) in [6.45, 7) is 3.97. The first-order valence-corrected chi connectivity index (χ1v) is 6.86. The minimum atomic E-state index is -0.339. The van der Waals surface area contributed by atoms with Gasteiger partial charge in [0.2, 0.25) is 0 Å². The van der Waals surface area contributed by atoms with Gasteiger partial charge in [0.1, 0.15) is 5.82 Å². The van der Waals surface area contributed by atoms with Gasteiger partial charge in [-0.15, -0.1) is 0 Å². The fourth-order valence-corrected chi connectivity index (χ4v) is 2.46. The van der Waals surface area contributed by atoms with Crippen molar-refractivity contribution < 1.29 is 19.0 Å². The summed E-state index contributed by atoms with van der Waals surface area (Å²) in [5.74, 6) is -0.334. The molecule has 4 nitrogen and oxygen atoms in total. The summed E-state index contributed by atoms with van der Waals surface area (Å²) < 4.78 is 18.3. The minimum Gasteiger partial charge on any atom is -0.394 e. The van der Waals surface area contributed by atoms with Crippen LogP contribution in [-0.2, 0) is 4.74 Å². The van der Waals surface area contributed by atoms with Gasteiger partial charge in [-0.05, 0) is 31.2 Å². The first-order valence-electron chi connectivity index (χ1n) is 6.86. The van der Waals surface area contributed by atoms with Crippen molar-refractivity contribution in [3.05, 3.63) is 35.6 Å². The molecule has 1 fully saturated rings. The summed E-state index contributed by atoms with van der Waals surface area (Å²) in [4.78, 5) is 14.1. The molecule has 0 aromatic heterocycles. The normalized spacial score (nSPS) is 23.8. The van der Waals surface area contributed by atoms with Crippen LogP contribution in [0.4, 0.5) is 4.39 Å². The molecule has 1 aliphatic heterocycles. The van der Waals surface area contributed by atoms with Gasteiger partial charge in [-0.3, -0.25) is 9.69 Å². The molecule has 0 saturated carbocycles. The van der Waals surface area contributed by atoms with Gasteiger partial charge in [0.25, 0.3) is 0 Å². The van der Waals surface area contributed by atoms with Crippen LogP contribution >= 0.6 is 0 Å². The van der Waals surface area contributed by atoms with Crippen LogP contribution in [0.1, 0.15) is 23.7 Å². The Kier molecular flexibility index (Phi) is 5.23. The Morgan fingerprint density at radius 2 is 2.10 bits per heavy atom. The van der Waals surface area contributed by atoms with E-state index < -0.39 is 0 Å². The SMILES string of the molecule is CC1CN(CCC(=O)c2ccc(F)cc2)CC(CO)O1. The number of aliphatic hydroxyl groups is 1. The number of aliphatic hydroxyl groups excluding tert-OH is 1. The second-order valence-electron chi connectivity index (χ2n) is 5.19. The highest BCUT2D eigenvalue weighted by atomic mass is 19.1. The lowest BCUT2D eigenvalue weighted by Crippen LogP contribution is -2.48. The zero-order valence-electron chi connectivity index (χ0n) is 11.6. The number of hydrogen-bond acceptors (Lipinski definition) is 4. The van der Waals surface area contributed by atoms with Crippen molar-refractivity contribution in [2.24, 2.45) is 0 Å². The van der Waals surface area contributed by atoms with E-state index in [9.17, 15) is 9.18 Å². The van der Waals surface area contributed by atoms with Crippen LogP contribution in [0.3, 0.4) is 0 Å². The molecule has 110 valence electrons. The monoisotopic (exact) mass is 281 g/mol. The lowest BCUT2D eigenvalue weighted by atomic mass is 10.1. The number of carbonyl (C=O) groups is 1. The summed E-state index contributed by atoms with van der Waals surface area (Å²) in [5, 5.41) is 9.15. The Labute approximate surface area is 118 Å². The lowest BCUT2D eigenvalue weighted by molar-refractivity contribution is -0.0947. The maximum Gasteiger partial charge on any atom is 0.164 e. The van der Waals surface area contributed by atoms with Crippen LogP contribution < -0.4 is 0 Å². The highest BCUT2D eigenvalue weighted by Gasteiger charge is 2.24. The van der Waals surface area contributed by atoms with Crippen molar-refractivity contribution in [1.82, 2.24) is 4.90 Å². The molecular weight excluding hydrogens is 261 g/mol. The standard InChI is InChI=1S/C15H20FNO3/c1-11-8-17(9-14(10-18)20-11)7-6-15(19)12-2-4-13(16)5-3-12/h2-5,11,14,18H,6-10H2,1H3. The lowest BCUT2D eigenvalue weighted by Gasteiger charge is -2.35. The maximum absolute atomic E-state index is 12.8. The number of ether oxygens (including phenoxy) is 1. The molecule has 1 aromatic rings. The van der Waals surface area contributed by atoms with E-state index in [0.29, 0.717) is 25.1 Å². The van der Waals surface area contributed by atoms with E-state index in [1.165, 1.54) is 24.3 Å². The summed E-state index contributed by atoms with van der Waals surface area (Å²) in [6, 6.07) is 5.62. The van der Waals surface area contributed by atoms with Crippen LogP contribution in [-0.4, -0.2) is 54.2 Å². The average Bonchev–Trinajstić information content (AvgIpc) is 2.45. The summed E-state index contributed by atoms with van der Waals surface area (Å²) in [5.41, 5.74) is 0.534. The number of halogens is 1. The third-order valence-corrected chi connectivity index (χ3v) is 3.43. The molecule has 0 bridgehead atoms. The topological polar surface area (TPSA) is 49.8 Å². The van der Waals surface area contributed by atoms with Gasteiger partial charge in [-0.1, -0.05) is 0 Å². The van der Waals surface area contributed by atoms with E-state index in [1.54, 1.807) is 0 Å². The molecule has 0 amide bonds. The fraction of sp³-hybridized carbons (Fsp3) is 0.533. The summed E-state index contributed by atoms with van der Waals surface area (Å²) in [6.07, 6.45) is 0.262. The molecule has 5 heteroatoms. The molecule has 1 saturated heterocycles. The van der Waals surface area contributed by atoms with E-state index in [4.69, 9.17) is 9.84 Å². The van der Waals surface area contributed by atoms with Crippen molar-refractivity contribution in [2.75, 3.05) is 26.2 Å². The smallest absolute Gasteiger partial charge is 0.164 e. The second kappa shape index (κ2) is 6.92. The molecule has 0 aliphatic carbocycles. The summed E-state index contributed by atoms with van der Waals surface area (Å²) in [7, 11) is 0. The van der Waals surface area contributed by atoms with Crippen molar-refractivity contribution in [3.8, 4) is 0 Å². The van der Waals surface area contributed by atoms with Crippen molar-refractivity contribution in [1.29, 1.82) is 0 Å². The third-order valence-electron chi connectivity index (χ3n) is 3.43. The number of hydrogen-bond donors (Lipinski definition) is 1. The van der Waals surface area contributed by atoms with E-state index in [2.05, 4.69) is 4.90 Å². The van der Waals surface area contributed by atoms with Gasteiger partial charge in [-0.2, -0.15) is 0 Å². The number of benzene rings is 1.